The maximum absolute atomic E-state index is 13.6. The van der Waals surface area contributed by atoms with Crippen LogP contribution in [0.15, 0.2) is 54.6 Å². The van der Waals surface area contributed by atoms with Gasteiger partial charge in [0.05, 0.1) is 5.69 Å². The van der Waals surface area contributed by atoms with Gasteiger partial charge in [-0.1, -0.05) is 29.5 Å². The summed E-state index contributed by atoms with van der Waals surface area (Å²) in [5.41, 5.74) is -1.52. The number of hydrogen-bond donors (Lipinski definition) is 1. The van der Waals surface area contributed by atoms with Crippen molar-refractivity contribution >= 4 is 11.6 Å². The van der Waals surface area contributed by atoms with Crippen LogP contribution in [0.5, 0.6) is 0 Å². The van der Waals surface area contributed by atoms with Crippen LogP contribution < -0.4 is 10.2 Å². The fraction of sp³-hybridized carbons (Fsp3) is 0.211. The second-order valence-corrected chi connectivity index (χ2v) is 6.19. The average molecular weight is 407 g/mol. The summed E-state index contributed by atoms with van der Waals surface area (Å²) in [6.45, 7) is 0.462. The Morgan fingerprint density at radius 1 is 1.14 bits per heavy atom. The molecule has 6 nitrogen and oxygen atoms in total. The van der Waals surface area contributed by atoms with Crippen LogP contribution in [0.4, 0.5) is 23.2 Å². The van der Waals surface area contributed by atoms with Crippen molar-refractivity contribution in [3.63, 3.8) is 0 Å². The number of carbonyl (C=O) groups is 1. The van der Waals surface area contributed by atoms with Crippen molar-refractivity contribution in [1.82, 2.24) is 20.3 Å². The molecule has 0 spiro atoms. The minimum atomic E-state index is -4.91. The van der Waals surface area contributed by atoms with Gasteiger partial charge in [0.25, 0.3) is 5.91 Å². The number of likely N-dealkylation sites (N-methyl/N-ethyl adjacent to an activating group) is 1. The van der Waals surface area contributed by atoms with E-state index in [-0.39, 0.29) is 12.2 Å². The smallest absolute Gasteiger partial charge is 0.373 e. The second kappa shape index (κ2) is 8.29. The van der Waals surface area contributed by atoms with E-state index >= 15 is 0 Å². The molecule has 152 valence electrons. The van der Waals surface area contributed by atoms with E-state index < -0.39 is 29.3 Å². The number of nitrogens with one attached hydrogen (secondary N) is 1. The van der Waals surface area contributed by atoms with Crippen molar-refractivity contribution in [1.29, 1.82) is 0 Å². The van der Waals surface area contributed by atoms with E-state index in [0.717, 1.165) is 17.8 Å². The van der Waals surface area contributed by atoms with E-state index in [1.54, 1.807) is 7.05 Å². The number of alkyl halides is 3. The number of halogens is 4. The monoisotopic (exact) mass is 407 g/mol. The minimum absolute atomic E-state index is 0.0916. The lowest BCUT2D eigenvalue weighted by Gasteiger charge is -2.19. The van der Waals surface area contributed by atoms with Crippen LogP contribution in [0.2, 0.25) is 0 Å². The van der Waals surface area contributed by atoms with Crippen LogP contribution in [0.1, 0.15) is 16.2 Å². The molecule has 1 N–H and O–H groups in total. The van der Waals surface area contributed by atoms with Gasteiger partial charge in [-0.2, -0.15) is 13.2 Å². The van der Waals surface area contributed by atoms with Gasteiger partial charge in [0, 0.05) is 25.8 Å². The molecule has 0 fully saturated rings. The van der Waals surface area contributed by atoms with Crippen LogP contribution in [0.3, 0.4) is 0 Å². The normalized spacial score (nSPS) is 11.3. The first kappa shape index (κ1) is 20.3. The van der Waals surface area contributed by atoms with E-state index in [4.69, 9.17) is 0 Å². The number of aromatic nitrogens is 3. The van der Waals surface area contributed by atoms with Gasteiger partial charge in [0.15, 0.2) is 11.4 Å². The highest BCUT2D eigenvalue weighted by atomic mass is 19.4. The highest BCUT2D eigenvalue weighted by molar-refractivity contribution is 5.93. The lowest BCUT2D eigenvalue weighted by atomic mass is 10.2. The van der Waals surface area contributed by atoms with Crippen molar-refractivity contribution in [3.05, 3.63) is 71.8 Å². The van der Waals surface area contributed by atoms with Gasteiger partial charge in [-0.3, -0.25) is 4.79 Å². The van der Waals surface area contributed by atoms with Crippen molar-refractivity contribution < 1.29 is 22.4 Å². The summed E-state index contributed by atoms with van der Waals surface area (Å²) in [7, 11) is 1.79. The molecule has 1 heterocycles. The first-order valence-electron chi connectivity index (χ1n) is 8.60. The maximum atomic E-state index is 13.6. The van der Waals surface area contributed by atoms with Gasteiger partial charge in [-0.25, -0.2) is 9.07 Å². The number of para-hydroxylation sites is 1. The van der Waals surface area contributed by atoms with E-state index in [1.165, 1.54) is 12.1 Å². The number of carbonyl (C=O) groups excluding carboxylic acids is 1. The minimum Gasteiger partial charge on any atom is -0.373 e. The molecule has 0 unspecified atom stereocenters. The fourth-order valence-electron chi connectivity index (χ4n) is 2.71. The Hall–Kier alpha value is -3.43. The molecule has 29 heavy (non-hydrogen) atoms. The molecule has 0 saturated carbocycles. The first-order valence-corrected chi connectivity index (χ1v) is 8.60. The number of hydrogen-bond acceptors (Lipinski definition) is 4. The van der Waals surface area contributed by atoms with Gasteiger partial charge < -0.3 is 10.2 Å². The van der Waals surface area contributed by atoms with Crippen molar-refractivity contribution in [3.8, 4) is 5.69 Å². The molecular formula is C19H17F4N5O. The molecule has 0 radical (unpaired) electrons. The van der Waals surface area contributed by atoms with Gasteiger partial charge in [-0.15, -0.1) is 5.10 Å². The van der Waals surface area contributed by atoms with Gasteiger partial charge in [0.1, 0.15) is 5.82 Å². The molecule has 10 heteroatoms. The van der Waals surface area contributed by atoms with E-state index in [1.807, 2.05) is 35.2 Å². The van der Waals surface area contributed by atoms with E-state index in [9.17, 15) is 22.4 Å². The molecule has 3 rings (SSSR count). The quantitative estimate of drug-likeness (QED) is 0.637. The third-order valence-electron chi connectivity index (χ3n) is 4.14. The molecular weight excluding hydrogens is 390 g/mol. The average Bonchev–Trinajstić information content (AvgIpc) is 3.14. The largest absolute Gasteiger partial charge is 0.435 e. The number of benzene rings is 2. The van der Waals surface area contributed by atoms with Crippen LogP contribution in [-0.2, 0) is 6.18 Å². The molecule has 1 aromatic heterocycles. The molecule has 0 atom stereocenters. The summed E-state index contributed by atoms with van der Waals surface area (Å²) in [6.07, 6.45) is -4.91. The van der Waals surface area contributed by atoms with E-state index in [2.05, 4.69) is 15.6 Å². The first-order chi connectivity index (χ1) is 13.8. The van der Waals surface area contributed by atoms with Crippen LogP contribution in [0, 0.1) is 5.82 Å². The highest BCUT2D eigenvalue weighted by Crippen LogP contribution is 2.32. The number of rotatable bonds is 6. The summed E-state index contributed by atoms with van der Waals surface area (Å²) in [6, 6.07) is 13.7. The summed E-state index contributed by atoms with van der Waals surface area (Å²) in [5.74, 6) is -1.75. The fourth-order valence-corrected chi connectivity index (χ4v) is 2.71. The Morgan fingerprint density at radius 2 is 1.86 bits per heavy atom. The Balaban J connectivity index is 1.77. The Bertz CT molecular complexity index is 988. The molecule has 0 aliphatic heterocycles. The topological polar surface area (TPSA) is 63.1 Å². The third kappa shape index (κ3) is 4.71. The predicted molar refractivity (Wildman–Crippen MR) is 98.4 cm³/mol. The zero-order valence-electron chi connectivity index (χ0n) is 15.3. The Morgan fingerprint density at radius 3 is 2.52 bits per heavy atom. The maximum Gasteiger partial charge on any atom is 0.435 e. The van der Waals surface area contributed by atoms with Crippen LogP contribution in [0.25, 0.3) is 5.69 Å². The molecule has 0 aliphatic rings. The number of amides is 1. The SMILES string of the molecule is CN(CCNC(=O)c1nnn(-c2cccc(F)c2)c1C(F)(F)F)c1ccccc1. The standard InChI is InChI=1S/C19H17F4N5O/c1-27(14-7-3-2-4-8-14)11-10-24-18(29)16-17(19(21,22)23)28(26-25-16)15-9-5-6-13(20)12-15/h2-9,12H,10-11H2,1H3,(H,24,29). The van der Waals surface area contributed by atoms with Crippen molar-refractivity contribution in [2.24, 2.45) is 0 Å². The Kier molecular flexibility index (Phi) is 5.81. The van der Waals surface area contributed by atoms with Gasteiger partial charge in [0.2, 0.25) is 0 Å². The lowest BCUT2D eigenvalue weighted by molar-refractivity contribution is -0.143. The summed E-state index contributed by atoms with van der Waals surface area (Å²) < 4.78 is 54.5. The predicted octanol–water partition coefficient (Wildman–Crippen LogP) is 3.29. The summed E-state index contributed by atoms with van der Waals surface area (Å²) in [5, 5.41) is 9.22. The zero-order chi connectivity index (χ0) is 21.0. The van der Waals surface area contributed by atoms with E-state index in [0.29, 0.717) is 11.2 Å². The molecule has 2 aromatic carbocycles. The van der Waals surface area contributed by atoms with Gasteiger partial charge in [-0.05, 0) is 30.3 Å². The highest BCUT2D eigenvalue weighted by Gasteiger charge is 2.42. The molecule has 3 aromatic rings. The number of nitrogens with zero attached hydrogens (tertiary/aromatic N) is 4. The summed E-state index contributed by atoms with van der Waals surface area (Å²) >= 11 is 0. The summed E-state index contributed by atoms with van der Waals surface area (Å²) in [4.78, 5) is 14.2. The number of anilines is 1. The van der Waals surface area contributed by atoms with Crippen LogP contribution >= 0.6 is 0 Å². The molecule has 0 bridgehead atoms. The van der Waals surface area contributed by atoms with Crippen molar-refractivity contribution in [2.45, 2.75) is 6.18 Å². The Labute approximate surface area is 163 Å². The molecule has 0 aliphatic carbocycles. The van der Waals surface area contributed by atoms with Crippen LogP contribution in [-0.4, -0.2) is 41.0 Å². The molecule has 0 saturated heterocycles. The second-order valence-electron chi connectivity index (χ2n) is 6.19. The third-order valence-corrected chi connectivity index (χ3v) is 4.14. The van der Waals surface area contributed by atoms with Gasteiger partial charge >= 0.3 is 6.18 Å². The van der Waals surface area contributed by atoms with Crippen molar-refractivity contribution in [2.75, 3.05) is 25.0 Å². The zero-order valence-corrected chi connectivity index (χ0v) is 15.3. The lowest BCUT2D eigenvalue weighted by Crippen LogP contribution is -2.34. The molecule has 1 amide bonds.